The van der Waals surface area contributed by atoms with Crippen LogP contribution in [0.5, 0.6) is 0 Å². The maximum absolute atomic E-state index is 11.5. The van der Waals surface area contributed by atoms with E-state index in [9.17, 15) is 9.90 Å². The first-order chi connectivity index (χ1) is 9.58. The van der Waals surface area contributed by atoms with E-state index >= 15 is 0 Å². The third kappa shape index (κ3) is 2.07. The molecule has 0 aliphatic rings. The quantitative estimate of drug-likeness (QED) is 0.730. The van der Waals surface area contributed by atoms with Gasteiger partial charge in [0, 0.05) is 10.9 Å². The molecular formula is C15H9ClNO2S-. The van der Waals surface area contributed by atoms with Crippen LogP contribution in [0.25, 0.3) is 21.5 Å². The number of pyridine rings is 1. The Kier molecular flexibility index (Phi) is 3.20. The van der Waals surface area contributed by atoms with Crippen LogP contribution in [0.15, 0.2) is 36.4 Å². The Bertz CT molecular complexity index is 826. The molecule has 2 heterocycles. The summed E-state index contributed by atoms with van der Waals surface area (Å²) >= 11 is 7.32. The van der Waals surface area contributed by atoms with Crippen LogP contribution in [0.2, 0.25) is 4.34 Å². The molecule has 20 heavy (non-hydrogen) atoms. The van der Waals surface area contributed by atoms with Crippen molar-refractivity contribution in [2.24, 2.45) is 0 Å². The van der Waals surface area contributed by atoms with Gasteiger partial charge < -0.3 is 9.90 Å². The van der Waals surface area contributed by atoms with Crippen LogP contribution in [-0.4, -0.2) is 11.0 Å². The van der Waals surface area contributed by atoms with E-state index in [4.69, 9.17) is 11.6 Å². The zero-order valence-corrected chi connectivity index (χ0v) is 12.1. The molecule has 3 aromatic rings. The van der Waals surface area contributed by atoms with E-state index in [1.807, 2.05) is 12.1 Å². The lowest BCUT2D eigenvalue weighted by atomic mass is 10.0. The fourth-order valence-electron chi connectivity index (χ4n) is 2.25. The van der Waals surface area contributed by atoms with Gasteiger partial charge in [-0.25, -0.2) is 4.98 Å². The fourth-order valence-corrected chi connectivity index (χ4v) is 3.34. The highest BCUT2D eigenvalue weighted by molar-refractivity contribution is 7.19. The van der Waals surface area contributed by atoms with Gasteiger partial charge in [0.2, 0.25) is 0 Å². The highest BCUT2D eigenvalue weighted by Crippen LogP contribution is 2.34. The molecule has 0 amide bonds. The van der Waals surface area contributed by atoms with E-state index in [1.54, 1.807) is 31.2 Å². The minimum absolute atomic E-state index is 0.190. The number of carboxylic acid groups (broad SMARTS) is 1. The Hall–Kier alpha value is -1.91. The number of hydrogen-bond donors (Lipinski definition) is 0. The van der Waals surface area contributed by atoms with Crippen molar-refractivity contribution in [2.45, 2.75) is 6.92 Å². The number of aromatic nitrogens is 1. The molecule has 0 unspecified atom stereocenters. The normalized spacial score (nSPS) is 10.9. The second-order valence-electron chi connectivity index (χ2n) is 4.37. The summed E-state index contributed by atoms with van der Waals surface area (Å²) in [4.78, 5) is 16.9. The van der Waals surface area contributed by atoms with E-state index in [2.05, 4.69) is 4.98 Å². The topological polar surface area (TPSA) is 53.0 Å². The molecule has 0 spiro atoms. The first kappa shape index (κ1) is 13.1. The number of rotatable bonds is 2. The van der Waals surface area contributed by atoms with E-state index in [0.29, 0.717) is 26.5 Å². The van der Waals surface area contributed by atoms with E-state index in [-0.39, 0.29) is 5.56 Å². The first-order valence-corrected chi connectivity index (χ1v) is 7.14. The van der Waals surface area contributed by atoms with Crippen LogP contribution in [-0.2, 0) is 0 Å². The third-order valence-electron chi connectivity index (χ3n) is 3.15. The van der Waals surface area contributed by atoms with Crippen molar-refractivity contribution in [2.75, 3.05) is 0 Å². The van der Waals surface area contributed by atoms with Crippen LogP contribution in [0.3, 0.4) is 0 Å². The zero-order valence-electron chi connectivity index (χ0n) is 10.5. The third-order valence-corrected chi connectivity index (χ3v) is 4.38. The number of carbonyl (C=O) groups is 1. The van der Waals surface area contributed by atoms with Gasteiger partial charge in [0.05, 0.1) is 26.4 Å². The minimum atomic E-state index is -1.19. The molecule has 0 aliphatic carbocycles. The number of para-hydroxylation sites is 1. The smallest absolute Gasteiger partial charge is 0.0935 e. The standard InChI is InChI=1S/C15H10ClNO2S/c1-8-13(15(18)19)9-4-2-3-5-10(9)17-14(8)11-6-7-12(16)20-11/h2-7H,1H3,(H,18,19)/p-1. The molecular weight excluding hydrogens is 294 g/mol. The number of benzene rings is 1. The molecule has 2 aromatic heterocycles. The summed E-state index contributed by atoms with van der Waals surface area (Å²) in [6, 6.07) is 10.8. The summed E-state index contributed by atoms with van der Waals surface area (Å²) in [6.07, 6.45) is 0. The first-order valence-electron chi connectivity index (χ1n) is 5.94. The number of fused-ring (bicyclic) bond motifs is 1. The molecule has 0 fully saturated rings. The molecule has 0 N–H and O–H groups in total. The maximum Gasteiger partial charge on any atom is 0.0935 e. The van der Waals surface area contributed by atoms with Gasteiger partial charge in [0.15, 0.2) is 0 Å². The minimum Gasteiger partial charge on any atom is -0.545 e. The van der Waals surface area contributed by atoms with Gasteiger partial charge in [0.1, 0.15) is 0 Å². The second-order valence-corrected chi connectivity index (χ2v) is 6.08. The molecule has 0 radical (unpaired) electrons. The van der Waals surface area contributed by atoms with E-state index in [0.717, 1.165) is 4.88 Å². The summed E-state index contributed by atoms with van der Waals surface area (Å²) in [5.41, 5.74) is 2.06. The Morgan fingerprint density at radius 3 is 2.65 bits per heavy atom. The molecule has 5 heteroatoms. The lowest BCUT2D eigenvalue weighted by molar-refractivity contribution is -0.254. The van der Waals surface area contributed by atoms with Crippen LogP contribution in [0.1, 0.15) is 15.9 Å². The average Bonchev–Trinajstić information content (AvgIpc) is 2.84. The second kappa shape index (κ2) is 4.89. The Morgan fingerprint density at radius 2 is 2.00 bits per heavy atom. The lowest BCUT2D eigenvalue weighted by Crippen LogP contribution is -2.24. The van der Waals surface area contributed by atoms with Crippen molar-refractivity contribution in [3.63, 3.8) is 0 Å². The molecule has 3 nitrogen and oxygen atoms in total. The molecule has 0 saturated carbocycles. The number of aromatic carboxylic acids is 1. The van der Waals surface area contributed by atoms with Crippen molar-refractivity contribution >= 4 is 39.8 Å². The lowest BCUT2D eigenvalue weighted by Gasteiger charge is -2.14. The summed E-state index contributed by atoms with van der Waals surface area (Å²) in [5.74, 6) is -1.19. The van der Waals surface area contributed by atoms with Gasteiger partial charge in [-0.05, 0) is 30.7 Å². The van der Waals surface area contributed by atoms with Crippen LogP contribution >= 0.6 is 22.9 Å². The monoisotopic (exact) mass is 302 g/mol. The maximum atomic E-state index is 11.5. The zero-order chi connectivity index (χ0) is 14.3. The van der Waals surface area contributed by atoms with Crippen molar-refractivity contribution in [3.05, 3.63) is 51.9 Å². The predicted molar refractivity (Wildman–Crippen MR) is 79.1 cm³/mol. The Labute approximate surface area is 124 Å². The number of carbonyl (C=O) groups excluding carboxylic acids is 1. The van der Waals surface area contributed by atoms with Gasteiger partial charge in [-0.15, -0.1) is 11.3 Å². The highest BCUT2D eigenvalue weighted by atomic mass is 35.5. The van der Waals surface area contributed by atoms with Crippen molar-refractivity contribution in [3.8, 4) is 10.6 Å². The predicted octanol–water partition coefficient (Wildman–Crippen LogP) is 3.29. The van der Waals surface area contributed by atoms with Crippen LogP contribution < -0.4 is 5.11 Å². The highest BCUT2D eigenvalue weighted by Gasteiger charge is 2.15. The summed E-state index contributed by atoms with van der Waals surface area (Å²) < 4.78 is 0.643. The largest absolute Gasteiger partial charge is 0.545 e. The molecule has 0 aliphatic heterocycles. The van der Waals surface area contributed by atoms with E-state index in [1.165, 1.54) is 11.3 Å². The van der Waals surface area contributed by atoms with Gasteiger partial charge in [-0.1, -0.05) is 29.8 Å². The molecule has 100 valence electrons. The number of halogens is 1. The Balaban J connectivity index is 2.39. The molecule has 1 aromatic carbocycles. The van der Waals surface area contributed by atoms with Crippen molar-refractivity contribution in [1.29, 1.82) is 0 Å². The summed E-state index contributed by atoms with van der Waals surface area (Å²) in [6.45, 7) is 1.74. The molecule has 3 rings (SSSR count). The SMILES string of the molecule is Cc1c(-c2ccc(Cl)s2)nc2ccccc2c1C(=O)[O-]. The van der Waals surface area contributed by atoms with Crippen molar-refractivity contribution in [1.82, 2.24) is 4.98 Å². The summed E-state index contributed by atoms with van der Waals surface area (Å²) in [5, 5.41) is 12.1. The average molecular weight is 303 g/mol. The van der Waals surface area contributed by atoms with Gasteiger partial charge >= 0.3 is 0 Å². The van der Waals surface area contributed by atoms with Gasteiger partial charge in [-0.2, -0.15) is 0 Å². The number of nitrogens with zero attached hydrogens (tertiary/aromatic N) is 1. The molecule has 0 atom stereocenters. The number of hydrogen-bond acceptors (Lipinski definition) is 4. The number of thiophene rings is 1. The van der Waals surface area contributed by atoms with Gasteiger partial charge in [-0.3, -0.25) is 0 Å². The van der Waals surface area contributed by atoms with Crippen LogP contribution in [0.4, 0.5) is 0 Å². The molecule has 0 bridgehead atoms. The fraction of sp³-hybridized carbons (Fsp3) is 0.0667. The Morgan fingerprint density at radius 1 is 1.25 bits per heavy atom. The van der Waals surface area contributed by atoms with E-state index < -0.39 is 5.97 Å². The summed E-state index contributed by atoms with van der Waals surface area (Å²) in [7, 11) is 0. The van der Waals surface area contributed by atoms with Gasteiger partial charge in [0.25, 0.3) is 0 Å². The van der Waals surface area contributed by atoms with Crippen LogP contribution in [0, 0.1) is 6.92 Å². The number of carboxylic acids is 1. The van der Waals surface area contributed by atoms with Crippen molar-refractivity contribution < 1.29 is 9.90 Å². The molecule has 0 saturated heterocycles.